The zero-order valence-electron chi connectivity index (χ0n) is 17.8. The maximum absolute atomic E-state index is 13.0. The van der Waals surface area contributed by atoms with Crippen molar-refractivity contribution in [2.24, 2.45) is 0 Å². The molecular weight excluding hydrogens is 412 g/mol. The quantitative estimate of drug-likeness (QED) is 0.689. The van der Waals surface area contributed by atoms with Crippen LogP contribution in [0.15, 0.2) is 66.1 Å². The largest absolute Gasteiger partial charge is 0.444 e. The normalized spacial score (nSPS) is 14.3. The molecule has 0 fully saturated rings. The predicted molar refractivity (Wildman–Crippen MR) is 124 cm³/mol. The van der Waals surface area contributed by atoms with Gasteiger partial charge in [0.2, 0.25) is 0 Å². The number of nitrogens with zero attached hydrogens (tertiary/aromatic N) is 2. The van der Waals surface area contributed by atoms with Crippen molar-refractivity contribution in [1.82, 2.24) is 15.2 Å². The van der Waals surface area contributed by atoms with Crippen LogP contribution in [-0.2, 0) is 16.1 Å². The number of thiocarbonyl (C=S) groups is 1. The first-order valence-corrected chi connectivity index (χ1v) is 10.4. The maximum Gasteiger partial charge on any atom is 0.411 e. The molecule has 0 radical (unpaired) electrons. The monoisotopic (exact) mass is 438 g/mol. The van der Waals surface area contributed by atoms with Gasteiger partial charge in [0.25, 0.3) is 0 Å². The van der Waals surface area contributed by atoms with Crippen molar-refractivity contribution >= 4 is 34.8 Å². The van der Waals surface area contributed by atoms with Crippen molar-refractivity contribution in [2.45, 2.75) is 32.9 Å². The number of carbonyl (C=O) groups is 2. The fourth-order valence-corrected chi connectivity index (χ4v) is 3.39. The van der Waals surface area contributed by atoms with E-state index < -0.39 is 11.7 Å². The molecule has 0 bridgehead atoms. The number of nitrogens with one attached hydrogen (secondary N) is 2. The molecule has 0 unspecified atom stereocenters. The summed E-state index contributed by atoms with van der Waals surface area (Å²) in [5.41, 5.74) is 2.08. The summed E-state index contributed by atoms with van der Waals surface area (Å²) < 4.78 is 5.46. The lowest BCUT2D eigenvalue weighted by Crippen LogP contribution is -2.48. The number of pyridine rings is 1. The van der Waals surface area contributed by atoms with E-state index in [1.807, 2.05) is 42.5 Å². The number of ketones is 1. The Hall–Kier alpha value is -3.26. The SMILES string of the molecule is CC(C)(C)OC(=O)N1CC(=O)C(C(=S)Nc2ccccc2)=C(NCc2ccncc2)C1. The molecule has 1 amide bonds. The average Bonchev–Trinajstić information content (AvgIpc) is 2.72. The Morgan fingerprint density at radius 2 is 1.81 bits per heavy atom. The third-order valence-corrected chi connectivity index (χ3v) is 4.74. The summed E-state index contributed by atoms with van der Waals surface area (Å²) in [5.74, 6) is -0.247. The van der Waals surface area contributed by atoms with Gasteiger partial charge in [-0.25, -0.2) is 4.79 Å². The molecule has 0 aliphatic carbocycles. The van der Waals surface area contributed by atoms with Gasteiger partial charge in [-0.3, -0.25) is 14.7 Å². The molecule has 2 aromatic rings. The number of anilines is 1. The van der Waals surface area contributed by atoms with Crippen LogP contribution < -0.4 is 10.6 Å². The highest BCUT2D eigenvalue weighted by atomic mass is 32.1. The number of Topliss-reactive ketones (excluding diaryl/α,β-unsaturated/α-hetero) is 1. The smallest absolute Gasteiger partial charge is 0.411 e. The van der Waals surface area contributed by atoms with E-state index in [1.54, 1.807) is 33.2 Å². The van der Waals surface area contributed by atoms with Gasteiger partial charge in [-0.15, -0.1) is 0 Å². The summed E-state index contributed by atoms with van der Waals surface area (Å²) in [6.07, 6.45) is 2.87. The van der Waals surface area contributed by atoms with Crippen LogP contribution in [0.1, 0.15) is 26.3 Å². The van der Waals surface area contributed by atoms with Gasteiger partial charge in [-0.05, 0) is 50.6 Å². The van der Waals surface area contributed by atoms with Gasteiger partial charge in [0.1, 0.15) is 10.6 Å². The second-order valence-electron chi connectivity index (χ2n) is 8.14. The van der Waals surface area contributed by atoms with Crippen LogP contribution in [0, 0.1) is 0 Å². The third-order valence-electron chi connectivity index (χ3n) is 4.43. The van der Waals surface area contributed by atoms with Gasteiger partial charge in [0.15, 0.2) is 5.78 Å². The number of hydrogen-bond donors (Lipinski definition) is 2. The Labute approximate surface area is 187 Å². The van der Waals surface area contributed by atoms with E-state index >= 15 is 0 Å². The highest BCUT2D eigenvalue weighted by Crippen LogP contribution is 2.20. The number of rotatable bonds is 5. The Morgan fingerprint density at radius 1 is 1.13 bits per heavy atom. The fraction of sp³-hybridized carbons (Fsp3) is 0.304. The summed E-state index contributed by atoms with van der Waals surface area (Å²) >= 11 is 5.56. The molecule has 2 N–H and O–H groups in total. The Balaban J connectivity index is 1.85. The van der Waals surface area contributed by atoms with E-state index in [1.165, 1.54) is 4.90 Å². The minimum Gasteiger partial charge on any atom is -0.444 e. The number of para-hydroxylation sites is 1. The van der Waals surface area contributed by atoms with Gasteiger partial charge in [0, 0.05) is 30.3 Å². The summed E-state index contributed by atoms with van der Waals surface area (Å²) in [5, 5.41) is 6.41. The molecule has 0 spiro atoms. The predicted octanol–water partition coefficient (Wildman–Crippen LogP) is 3.68. The second-order valence-corrected chi connectivity index (χ2v) is 8.55. The molecule has 0 saturated carbocycles. The van der Waals surface area contributed by atoms with E-state index in [0.29, 0.717) is 22.8 Å². The Bertz CT molecular complexity index is 985. The topological polar surface area (TPSA) is 83.6 Å². The molecule has 8 heteroatoms. The first-order valence-electron chi connectivity index (χ1n) is 9.96. The average molecular weight is 439 g/mol. The van der Waals surface area contributed by atoms with E-state index in [9.17, 15) is 9.59 Å². The molecule has 7 nitrogen and oxygen atoms in total. The summed E-state index contributed by atoms with van der Waals surface area (Å²) in [7, 11) is 0. The first kappa shape index (κ1) is 22.4. The van der Waals surface area contributed by atoms with Crippen LogP contribution in [0.4, 0.5) is 10.5 Å². The molecule has 1 aromatic heterocycles. The number of ether oxygens (including phenoxy) is 1. The molecule has 31 heavy (non-hydrogen) atoms. The van der Waals surface area contributed by atoms with Crippen LogP contribution in [0.5, 0.6) is 0 Å². The van der Waals surface area contributed by atoms with Gasteiger partial charge < -0.3 is 15.4 Å². The molecule has 162 valence electrons. The number of hydrogen-bond acceptors (Lipinski definition) is 6. The van der Waals surface area contributed by atoms with Crippen molar-refractivity contribution < 1.29 is 14.3 Å². The second kappa shape index (κ2) is 9.70. The summed E-state index contributed by atoms with van der Waals surface area (Å²) in [6.45, 7) is 5.93. The zero-order chi connectivity index (χ0) is 22.4. The van der Waals surface area contributed by atoms with Crippen LogP contribution in [0.25, 0.3) is 0 Å². The molecule has 0 saturated heterocycles. The standard InChI is InChI=1S/C23H26N4O3S/c1-23(2,3)30-22(29)27-14-18(25-13-16-9-11-24-12-10-16)20(19(28)15-27)21(31)26-17-7-5-4-6-8-17/h4-12,25H,13-15H2,1-3H3,(H,26,31). The maximum atomic E-state index is 13.0. The van der Waals surface area contributed by atoms with E-state index in [0.717, 1.165) is 11.3 Å². The lowest BCUT2D eigenvalue weighted by atomic mass is 10.0. The van der Waals surface area contributed by atoms with Crippen molar-refractivity contribution in [3.8, 4) is 0 Å². The first-order chi connectivity index (χ1) is 14.7. The van der Waals surface area contributed by atoms with Crippen molar-refractivity contribution in [1.29, 1.82) is 0 Å². The van der Waals surface area contributed by atoms with Crippen molar-refractivity contribution in [3.05, 3.63) is 71.7 Å². The number of amides is 1. The van der Waals surface area contributed by atoms with E-state index in [-0.39, 0.29) is 18.9 Å². The minimum absolute atomic E-state index is 0.0959. The Kier molecular flexibility index (Phi) is 7.02. The van der Waals surface area contributed by atoms with Crippen LogP contribution >= 0.6 is 12.2 Å². The van der Waals surface area contributed by atoms with Gasteiger partial charge in [-0.2, -0.15) is 0 Å². The lowest BCUT2D eigenvalue weighted by molar-refractivity contribution is -0.116. The molecule has 1 aliphatic rings. The molecule has 1 aromatic carbocycles. The van der Waals surface area contributed by atoms with Crippen molar-refractivity contribution in [2.75, 3.05) is 18.4 Å². The van der Waals surface area contributed by atoms with Gasteiger partial charge in [0.05, 0.1) is 18.7 Å². The summed E-state index contributed by atoms with van der Waals surface area (Å²) in [4.78, 5) is 31.4. The van der Waals surface area contributed by atoms with Crippen LogP contribution in [0.2, 0.25) is 0 Å². The van der Waals surface area contributed by atoms with Crippen LogP contribution in [0.3, 0.4) is 0 Å². The zero-order valence-corrected chi connectivity index (χ0v) is 18.7. The van der Waals surface area contributed by atoms with E-state index in [2.05, 4.69) is 15.6 Å². The highest BCUT2D eigenvalue weighted by Gasteiger charge is 2.33. The van der Waals surface area contributed by atoms with Gasteiger partial charge >= 0.3 is 6.09 Å². The molecule has 3 rings (SSSR count). The fourth-order valence-electron chi connectivity index (χ4n) is 3.03. The van der Waals surface area contributed by atoms with E-state index in [4.69, 9.17) is 17.0 Å². The van der Waals surface area contributed by atoms with Crippen molar-refractivity contribution in [3.63, 3.8) is 0 Å². The Morgan fingerprint density at radius 3 is 2.45 bits per heavy atom. The minimum atomic E-state index is -0.654. The molecule has 0 atom stereocenters. The molecule has 1 aliphatic heterocycles. The highest BCUT2D eigenvalue weighted by molar-refractivity contribution is 7.81. The van der Waals surface area contributed by atoms with Gasteiger partial charge in [-0.1, -0.05) is 30.4 Å². The lowest BCUT2D eigenvalue weighted by Gasteiger charge is -2.32. The van der Waals surface area contributed by atoms with Crippen LogP contribution in [-0.4, -0.2) is 45.4 Å². The number of benzene rings is 1. The molecular formula is C23H26N4O3S. The number of carbonyl (C=O) groups excluding carboxylic acids is 2. The summed E-state index contributed by atoms with van der Waals surface area (Å²) in [6, 6.07) is 13.2. The molecule has 2 heterocycles. The third kappa shape index (κ3) is 6.36. The number of aromatic nitrogens is 1.